The minimum Gasteiger partial charge on any atom is -0.207 e. The molecule has 1 aromatic carbocycles. The van der Waals surface area contributed by atoms with E-state index in [2.05, 4.69) is 6.58 Å². The lowest BCUT2D eigenvalue weighted by Gasteiger charge is -2.21. The second-order valence-electron chi connectivity index (χ2n) is 4.24. The molecule has 0 aliphatic heterocycles. The average molecular weight is 278 g/mol. The molecule has 0 unspecified atom stereocenters. The van der Waals surface area contributed by atoms with E-state index in [1.165, 1.54) is 10.4 Å². The van der Waals surface area contributed by atoms with Crippen molar-refractivity contribution in [3.05, 3.63) is 42.0 Å². The fourth-order valence-corrected chi connectivity index (χ4v) is 3.54. The fourth-order valence-electron chi connectivity index (χ4n) is 1.79. The molecule has 19 heavy (non-hydrogen) atoms. The van der Waals surface area contributed by atoms with Gasteiger partial charge in [0.25, 0.3) is 0 Å². The molecule has 0 saturated carbocycles. The third-order valence-corrected chi connectivity index (χ3v) is 4.75. The van der Waals surface area contributed by atoms with E-state index in [1.54, 1.807) is 25.1 Å². The summed E-state index contributed by atoms with van der Waals surface area (Å²) < 4.78 is 26.5. The molecule has 102 valence electrons. The third-order valence-electron chi connectivity index (χ3n) is 2.74. The van der Waals surface area contributed by atoms with Gasteiger partial charge in [0.05, 0.1) is 16.5 Å². The highest BCUT2D eigenvalue weighted by molar-refractivity contribution is 7.89. The van der Waals surface area contributed by atoms with E-state index in [1.807, 2.05) is 13.0 Å². The molecular formula is C14H18N2O2S. The summed E-state index contributed by atoms with van der Waals surface area (Å²) >= 11 is 0. The van der Waals surface area contributed by atoms with Gasteiger partial charge in [0.15, 0.2) is 0 Å². The molecule has 0 amide bonds. The van der Waals surface area contributed by atoms with Gasteiger partial charge >= 0.3 is 0 Å². The number of nitrogens with zero attached hydrogens (tertiary/aromatic N) is 2. The van der Waals surface area contributed by atoms with Gasteiger partial charge in [-0.05, 0) is 31.0 Å². The van der Waals surface area contributed by atoms with Crippen molar-refractivity contribution < 1.29 is 8.42 Å². The molecule has 0 heterocycles. The summed E-state index contributed by atoms with van der Waals surface area (Å²) in [4.78, 5) is 0.196. The van der Waals surface area contributed by atoms with Gasteiger partial charge in [-0.25, -0.2) is 8.42 Å². The van der Waals surface area contributed by atoms with Gasteiger partial charge in [0.2, 0.25) is 10.0 Å². The maximum atomic E-state index is 12.6. The van der Waals surface area contributed by atoms with E-state index < -0.39 is 10.0 Å². The number of aryl methyl sites for hydroxylation is 1. The van der Waals surface area contributed by atoms with Gasteiger partial charge in [-0.1, -0.05) is 19.1 Å². The summed E-state index contributed by atoms with van der Waals surface area (Å²) in [6, 6.07) is 6.67. The Kier molecular flexibility index (Phi) is 5.28. The molecule has 1 rings (SSSR count). The van der Waals surface area contributed by atoms with E-state index in [0.717, 1.165) is 6.42 Å². The second-order valence-corrected chi connectivity index (χ2v) is 6.15. The van der Waals surface area contributed by atoms with Gasteiger partial charge in [0.1, 0.15) is 0 Å². The zero-order chi connectivity index (χ0) is 14.5. The maximum Gasteiger partial charge on any atom is 0.243 e. The van der Waals surface area contributed by atoms with Crippen molar-refractivity contribution in [3.8, 4) is 6.07 Å². The molecular weight excluding hydrogens is 260 g/mol. The van der Waals surface area contributed by atoms with Crippen LogP contribution in [-0.2, 0) is 10.0 Å². The standard InChI is InChI=1S/C14H18N2O2S/c1-4-8-16(9-5-2)19(17,18)14-10-13(11-15)7-6-12(14)3/h4,6-7,10H,1,5,8-9H2,2-3H3. The van der Waals surface area contributed by atoms with Gasteiger partial charge in [-0.15, -0.1) is 6.58 Å². The summed E-state index contributed by atoms with van der Waals surface area (Å²) in [6.45, 7) is 7.94. The molecule has 0 aliphatic carbocycles. The minimum absolute atomic E-state index is 0.196. The van der Waals surface area contributed by atoms with E-state index in [-0.39, 0.29) is 11.4 Å². The summed E-state index contributed by atoms with van der Waals surface area (Å²) in [5, 5.41) is 8.89. The number of nitriles is 1. The Morgan fingerprint density at radius 3 is 2.68 bits per heavy atom. The molecule has 0 fully saturated rings. The van der Waals surface area contributed by atoms with Crippen LogP contribution < -0.4 is 0 Å². The van der Waals surface area contributed by atoms with E-state index in [9.17, 15) is 8.42 Å². The van der Waals surface area contributed by atoms with E-state index in [0.29, 0.717) is 17.7 Å². The Balaban J connectivity index is 3.32. The molecule has 0 saturated heterocycles. The monoisotopic (exact) mass is 278 g/mol. The van der Waals surface area contributed by atoms with Crippen molar-refractivity contribution >= 4 is 10.0 Å². The molecule has 0 atom stereocenters. The zero-order valence-electron chi connectivity index (χ0n) is 11.3. The first-order chi connectivity index (χ1) is 8.97. The van der Waals surface area contributed by atoms with Crippen LogP contribution in [0.4, 0.5) is 0 Å². The van der Waals surface area contributed by atoms with Crippen LogP contribution in [0.25, 0.3) is 0 Å². The van der Waals surface area contributed by atoms with Crippen LogP contribution in [0.1, 0.15) is 24.5 Å². The smallest absolute Gasteiger partial charge is 0.207 e. The van der Waals surface area contributed by atoms with Gasteiger partial charge < -0.3 is 0 Å². The van der Waals surface area contributed by atoms with Crippen LogP contribution >= 0.6 is 0 Å². The van der Waals surface area contributed by atoms with Crippen LogP contribution in [-0.4, -0.2) is 25.8 Å². The van der Waals surface area contributed by atoms with Crippen molar-refractivity contribution in [3.63, 3.8) is 0 Å². The Labute approximate surface area is 115 Å². The molecule has 0 spiro atoms. The number of hydrogen-bond donors (Lipinski definition) is 0. The quantitative estimate of drug-likeness (QED) is 0.751. The fraction of sp³-hybridized carbons (Fsp3) is 0.357. The Morgan fingerprint density at radius 1 is 1.47 bits per heavy atom. The molecule has 0 aliphatic rings. The van der Waals surface area contributed by atoms with Crippen molar-refractivity contribution in [1.29, 1.82) is 5.26 Å². The highest BCUT2D eigenvalue weighted by atomic mass is 32.2. The van der Waals surface area contributed by atoms with Crippen LogP contribution in [0.5, 0.6) is 0 Å². The highest BCUT2D eigenvalue weighted by Crippen LogP contribution is 2.21. The lowest BCUT2D eigenvalue weighted by molar-refractivity contribution is 0.441. The first-order valence-corrected chi connectivity index (χ1v) is 7.53. The normalized spacial score (nSPS) is 11.3. The third kappa shape index (κ3) is 3.43. The molecule has 1 aromatic rings. The van der Waals surface area contributed by atoms with Gasteiger partial charge in [-0.3, -0.25) is 0 Å². The SMILES string of the molecule is C=CCN(CCC)S(=O)(=O)c1cc(C#N)ccc1C. The predicted octanol–water partition coefficient (Wildman–Crippen LogP) is 2.45. The van der Waals surface area contributed by atoms with Crippen molar-refractivity contribution in [2.75, 3.05) is 13.1 Å². The predicted molar refractivity (Wildman–Crippen MR) is 75.1 cm³/mol. The lowest BCUT2D eigenvalue weighted by Crippen LogP contribution is -2.32. The topological polar surface area (TPSA) is 61.2 Å². The molecule has 0 aromatic heterocycles. The summed E-state index contributed by atoms with van der Waals surface area (Å²) in [6.07, 6.45) is 2.29. The number of benzene rings is 1. The van der Waals surface area contributed by atoms with Crippen LogP contribution in [0.15, 0.2) is 35.7 Å². The van der Waals surface area contributed by atoms with Crippen LogP contribution in [0.2, 0.25) is 0 Å². The number of rotatable bonds is 6. The summed E-state index contributed by atoms with van der Waals surface area (Å²) in [5.74, 6) is 0. The number of sulfonamides is 1. The largest absolute Gasteiger partial charge is 0.243 e. The molecule has 5 heteroatoms. The van der Waals surface area contributed by atoms with Gasteiger partial charge in [0, 0.05) is 13.1 Å². The maximum absolute atomic E-state index is 12.6. The van der Waals surface area contributed by atoms with Crippen molar-refractivity contribution in [2.24, 2.45) is 0 Å². The molecule has 0 N–H and O–H groups in total. The Hall–Kier alpha value is -1.64. The van der Waals surface area contributed by atoms with Crippen molar-refractivity contribution in [1.82, 2.24) is 4.31 Å². The van der Waals surface area contributed by atoms with Gasteiger partial charge in [-0.2, -0.15) is 9.57 Å². The van der Waals surface area contributed by atoms with Crippen LogP contribution in [0.3, 0.4) is 0 Å². The minimum atomic E-state index is -3.58. The summed E-state index contributed by atoms with van der Waals surface area (Å²) in [7, 11) is -3.58. The van der Waals surface area contributed by atoms with E-state index >= 15 is 0 Å². The lowest BCUT2D eigenvalue weighted by atomic mass is 10.2. The Bertz CT molecular complexity index is 600. The molecule has 0 radical (unpaired) electrons. The molecule has 4 nitrogen and oxygen atoms in total. The number of hydrogen-bond acceptors (Lipinski definition) is 3. The van der Waals surface area contributed by atoms with Crippen LogP contribution in [0, 0.1) is 18.3 Å². The average Bonchev–Trinajstić information content (AvgIpc) is 2.39. The zero-order valence-corrected chi connectivity index (χ0v) is 12.1. The van der Waals surface area contributed by atoms with Crippen molar-refractivity contribution in [2.45, 2.75) is 25.2 Å². The second kappa shape index (κ2) is 6.50. The first-order valence-electron chi connectivity index (χ1n) is 6.09. The molecule has 0 bridgehead atoms. The first kappa shape index (κ1) is 15.4. The highest BCUT2D eigenvalue weighted by Gasteiger charge is 2.24. The van der Waals surface area contributed by atoms with E-state index in [4.69, 9.17) is 5.26 Å². The Morgan fingerprint density at radius 2 is 2.16 bits per heavy atom. The summed E-state index contributed by atoms with van der Waals surface area (Å²) in [5.41, 5.74) is 0.989.